The molecule has 1 aromatic carbocycles. The van der Waals surface area contributed by atoms with Crippen LogP contribution >= 0.6 is 12.4 Å². The van der Waals surface area contributed by atoms with Gasteiger partial charge in [0.05, 0.1) is 0 Å². The maximum absolute atomic E-state index is 12.2. The average Bonchev–Trinajstić information content (AvgIpc) is 2.15. The van der Waals surface area contributed by atoms with E-state index < -0.39 is 18.2 Å². The van der Waals surface area contributed by atoms with Crippen molar-refractivity contribution in [2.45, 2.75) is 19.1 Å². The number of rotatable bonds is 2. The van der Waals surface area contributed by atoms with E-state index in [0.29, 0.717) is 0 Å². The molecule has 1 atom stereocenters. The van der Waals surface area contributed by atoms with Crippen molar-refractivity contribution in [1.29, 1.82) is 0 Å². The van der Waals surface area contributed by atoms with Crippen molar-refractivity contribution in [3.05, 3.63) is 29.8 Å². The lowest BCUT2D eigenvalue weighted by atomic mass is 10.1. The Bertz CT molecular complexity index is 378. The Morgan fingerprint density at radius 3 is 2.12 bits per heavy atom. The lowest BCUT2D eigenvalue weighted by Crippen LogP contribution is -2.28. The molecule has 0 aliphatic rings. The smallest absolute Gasteiger partial charge is 0.407 e. The second kappa shape index (κ2) is 5.88. The van der Waals surface area contributed by atoms with Crippen molar-refractivity contribution in [1.82, 2.24) is 0 Å². The van der Waals surface area contributed by atoms with Gasteiger partial charge in [-0.1, -0.05) is 12.1 Å². The quantitative estimate of drug-likeness (QED) is 0.663. The van der Waals surface area contributed by atoms with E-state index in [1.807, 2.05) is 0 Å². The highest BCUT2D eigenvalue weighted by molar-refractivity contribution is 5.85. The van der Waals surface area contributed by atoms with E-state index in [4.69, 9.17) is 5.73 Å². The van der Waals surface area contributed by atoms with Crippen molar-refractivity contribution in [2.75, 3.05) is 0 Å². The first-order valence-corrected chi connectivity index (χ1v) is 4.41. The number of carbonyl (C=O) groups excluding carboxylic acids is 1. The van der Waals surface area contributed by atoms with Gasteiger partial charge < -0.3 is 10.5 Å². The number of nitrogens with two attached hydrogens (primary N) is 1. The molecule has 96 valence electrons. The van der Waals surface area contributed by atoms with Crippen LogP contribution in [0, 0.1) is 0 Å². The van der Waals surface area contributed by atoms with E-state index in [0.717, 1.165) is 0 Å². The standard InChI is InChI=1S/C10H10F3NO2.ClH/c1-6(15)16-8-4-2-7(3-5-8)9(14)10(11,12)13;/h2-5,9H,14H2,1H3;1H/t9-;/m1./s1. The Morgan fingerprint density at radius 1 is 1.29 bits per heavy atom. The highest BCUT2D eigenvalue weighted by atomic mass is 35.5. The van der Waals surface area contributed by atoms with Crippen LogP contribution < -0.4 is 10.5 Å². The van der Waals surface area contributed by atoms with Gasteiger partial charge >= 0.3 is 12.1 Å². The molecule has 0 heterocycles. The summed E-state index contributed by atoms with van der Waals surface area (Å²) >= 11 is 0. The Morgan fingerprint density at radius 2 is 1.76 bits per heavy atom. The van der Waals surface area contributed by atoms with Crippen LogP contribution in [0.3, 0.4) is 0 Å². The number of benzene rings is 1. The van der Waals surface area contributed by atoms with Crippen LogP contribution in [0.5, 0.6) is 5.75 Å². The average molecular weight is 270 g/mol. The van der Waals surface area contributed by atoms with Crippen LogP contribution in [-0.2, 0) is 4.79 Å². The Balaban J connectivity index is 0.00000256. The van der Waals surface area contributed by atoms with Crippen LogP contribution in [0.2, 0.25) is 0 Å². The minimum atomic E-state index is -4.48. The van der Waals surface area contributed by atoms with Crippen LogP contribution in [0.25, 0.3) is 0 Å². The number of carbonyl (C=O) groups is 1. The van der Waals surface area contributed by atoms with Crippen molar-refractivity contribution in [3.63, 3.8) is 0 Å². The Hall–Kier alpha value is -1.27. The fourth-order valence-corrected chi connectivity index (χ4v) is 1.10. The number of hydrogen-bond acceptors (Lipinski definition) is 3. The van der Waals surface area contributed by atoms with Gasteiger partial charge in [-0.05, 0) is 17.7 Å². The summed E-state index contributed by atoms with van der Waals surface area (Å²) in [4.78, 5) is 10.6. The summed E-state index contributed by atoms with van der Waals surface area (Å²) in [7, 11) is 0. The number of esters is 1. The lowest BCUT2D eigenvalue weighted by molar-refractivity contribution is -0.149. The van der Waals surface area contributed by atoms with E-state index in [1.165, 1.54) is 31.2 Å². The van der Waals surface area contributed by atoms with Gasteiger partial charge in [0.15, 0.2) is 0 Å². The monoisotopic (exact) mass is 269 g/mol. The van der Waals surface area contributed by atoms with Crippen molar-refractivity contribution in [2.24, 2.45) is 5.73 Å². The fourth-order valence-electron chi connectivity index (χ4n) is 1.10. The van der Waals surface area contributed by atoms with Gasteiger partial charge in [-0.25, -0.2) is 0 Å². The predicted molar refractivity (Wildman–Crippen MR) is 58.0 cm³/mol. The first-order chi connectivity index (χ1) is 7.30. The van der Waals surface area contributed by atoms with E-state index in [-0.39, 0.29) is 23.7 Å². The van der Waals surface area contributed by atoms with E-state index in [9.17, 15) is 18.0 Å². The number of hydrogen-bond donors (Lipinski definition) is 1. The first-order valence-electron chi connectivity index (χ1n) is 4.41. The van der Waals surface area contributed by atoms with Gasteiger partial charge in [-0.2, -0.15) is 13.2 Å². The molecule has 17 heavy (non-hydrogen) atoms. The van der Waals surface area contributed by atoms with Crippen LogP contribution in [-0.4, -0.2) is 12.1 Å². The molecule has 0 spiro atoms. The molecule has 0 saturated carbocycles. The van der Waals surface area contributed by atoms with Gasteiger partial charge in [0, 0.05) is 6.92 Å². The zero-order valence-corrected chi connectivity index (χ0v) is 9.64. The third-order valence-corrected chi connectivity index (χ3v) is 1.85. The molecule has 3 nitrogen and oxygen atoms in total. The maximum Gasteiger partial charge on any atom is 0.407 e. The Kier molecular flexibility index (Phi) is 5.44. The lowest BCUT2D eigenvalue weighted by Gasteiger charge is -2.15. The predicted octanol–water partition coefficient (Wildman–Crippen LogP) is 2.60. The minimum absolute atomic E-state index is 0. The molecule has 2 N–H and O–H groups in total. The number of halogens is 4. The Labute approximate surface area is 102 Å². The van der Waals surface area contributed by atoms with Gasteiger partial charge in [-0.15, -0.1) is 12.4 Å². The number of ether oxygens (including phenoxy) is 1. The molecule has 1 rings (SSSR count). The summed E-state index contributed by atoms with van der Waals surface area (Å²) in [6, 6.07) is 2.86. The van der Waals surface area contributed by atoms with Crippen molar-refractivity contribution >= 4 is 18.4 Å². The van der Waals surface area contributed by atoms with E-state index in [2.05, 4.69) is 4.74 Å². The topological polar surface area (TPSA) is 52.3 Å². The normalized spacial score (nSPS) is 12.5. The SMILES string of the molecule is CC(=O)Oc1ccc([C@@H](N)C(F)(F)F)cc1.Cl. The molecule has 0 unspecified atom stereocenters. The van der Waals surface area contributed by atoms with Crippen molar-refractivity contribution in [3.8, 4) is 5.75 Å². The molecule has 1 aromatic rings. The minimum Gasteiger partial charge on any atom is -0.427 e. The van der Waals surface area contributed by atoms with Crippen LogP contribution in [0.4, 0.5) is 13.2 Å². The summed E-state index contributed by atoms with van der Waals surface area (Å²) in [5, 5.41) is 0. The molecule has 0 radical (unpaired) electrons. The molecule has 0 aliphatic carbocycles. The molecule has 7 heteroatoms. The molecule has 0 bridgehead atoms. The molecule has 0 amide bonds. The van der Waals surface area contributed by atoms with Gasteiger partial charge in [0.2, 0.25) is 0 Å². The summed E-state index contributed by atoms with van der Waals surface area (Å²) in [6.07, 6.45) is -4.48. The number of alkyl halides is 3. The fraction of sp³-hybridized carbons (Fsp3) is 0.300. The van der Waals surface area contributed by atoms with Crippen molar-refractivity contribution < 1.29 is 22.7 Å². The summed E-state index contributed by atoms with van der Waals surface area (Å²) in [5.41, 5.74) is 4.91. The van der Waals surface area contributed by atoms with E-state index in [1.54, 1.807) is 0 Å². The molecule has 0 saturated heterocycles. The molecule has 0 fully saturated rings. The van der Waals surface area contributed by atoms with E-state index >= 15 is 0 Å². The largest absolute Gasteiger partial charge is 0.427 e. The van der Waals surface area contributed by atoms with Gasteiger partial charge in [0.25, 0.3) is 0 Å². The summed E-state index contributed by atoms with van der Waals surface area (Å²) in [5.74, 6) is -0.349. The van der Waals surface area contributed by atoms with Gasteiger partial charge in [0.1, 0.15) is 11.8 Å². The molecule has 0 aliphatic heterocycles. The van der Waals surface area contributed by atoms with Gasteiger partial charge in [-0.3, -0.25) is 4.79 Å². The molecular formula is C10H11ClF3NO2. The maximum atomic E-state index is 12.2. The third-order valence-electron chi connectivity index (χ3n) is 1.85. The van der Waals surface area contributed by atoms with Crippen LogP contribution in [0.1, 0.15) is 18.5 Å². The highest BCUT2D eigenvalue weighted by Gasteiger charge is 2.37. The second-order valence-electron chi connectivity index (χ2n) is 3.18. The third kappa shape index (κ3) is 4.62. The summed E-state index contributed by atoms with van der Waals surface area (Å²) in [6.45, 7) is 1.20. The summed E-state index contributed by atoms with van der Waals surface area (Å²) < 4.78 is 41.4. The zero-order valence-electron chi connectivity index (χ0n) is 8.82. The molecule has 0 aromatic heterocycles. The first kappa shape index (κ1) is 15.7. The highest BCUT2D eigenvalue weighted by Crippen LogP contribution is 2.31. The molecular weight excluding hydrogens is 259 g/mol. The zero-order chi connectivity index (χ0) is 12.3. The second-order valence-corrected chi connectivity index (χ2v) is 3.18. The van der Waals surface area contributed by atoms with Crippen LogP contribution in [0.15, 0.2) is 24.3 Å².